The molecule has 11 heteroatoms. The summed E-state index contributed by atoms with van der Waals surface area (Å²) in [5.74, 6) is 0.177. The van der Waals surface area contributed by atoms with Crippen LogP contribution in [0.3, 0.4) is 0 Å². The second kappa shape index (κ2) is 8.72. The van der Waals surface area contributed by atoms with Gasteiger partial charge in [-0.25, -0.2) is 18.4 Å². The van der Waals surface area contributed by atoms with Crippen LogP contribution < -0.4 is 9.88 Å². The van der Waals surface area contributed by atoms with Crippen molar-refractivity contribution in [1.82, 2.24) is 10.1 Å². The van der Waals surface area contributed by atoms with Gasteiger partial charge in [0.25, 0.3) is 5.89 Å². The second-order valence-corrected chi connectivity index (χ2v) is 8.12. The summed E-state index contributed by atoms with van der Waals surface area (Å²) < 4.78 is 39.1. The highest BCUT2D eigenvalue weighted by molar-refractivity contribution is 9.10. The summed E-state index contributed by atoms with van der Waals surface area (Å²) in [4.78, 5) is 16.3. The Labute approximate surface area is 175 Å². The number of hydrogen-bond donors (Lipinski definition) is 1. The number of nitrogens with two attached hydrogens (primary N) is 1. The van der Waals surface area contributed by atoms with Gasteiger partial charge >= 0.3 is 5.97 Å². The highest BCUT2D eigenvalue weighted by Crippen LogP contribution is 2.28. The molecular weight excluding hydrogens is 466 g/mol. The predicted octanol–water partition coefficient (Wildman–Crippen LogP) is 2.90. The van der Waals surface area contributed by atoms with Crippen LogP contribution in [0.4, 0.5) is 0 Å². The number of halogens is 1. The van der Waals surface area contributed by atoms with Gasteiger partial charge < -0.3 is 14.0 Å². The normalized spacial score (nSPS) is 11.3. The third-order valence-corrected chi connectivity index (χ3v) is 5.31. The van der Waals surface area contributed by atoms with Crippen LogP contribution >= 0.6 is 15.9 Å². The van der Waals surface area contributed by atoms with Gasteiger partial charge in [0.2, 0.25) is 15.8 Å². The molecule has 2 aromatic carbocycles. The highest BCUT2D eigenvalue weighted by Gasteiger charge is 2.19. The molecular formula is C18H16BrN3O6S. The Morgan fingerprint density at radius 3 is 2.72 bits per heavy atom. The van der Waals surface area contributed by atoms with Crippen molar-refractivity contribution in [3.8, 4) is 17.1 Å². The van der Waals surface area contributed by atoms with E-state index in [0.717, 1.165) is 6.07 Å². The first-order valence-corrected chi connectivity index (χ1v) is 10.7. The van der Waals surface area contributed by atoms with Gasteiger partial charge in [-0.3, -0.25) is 0 Å². The smallest absolute Gasteiger partial charge is 0.339 e. The Bertz CT molecular complexity index is 1150. The van der Waals surface area contributed by atoms with E-state index in [9.17, 15) is 13.2 Å². The van der Waals surface area contributed by atoms with E-state index in [4.69, 9.17) is 19.1 Å². The van der Waals surface area contributed by atoms with Crippen molar-refractivity contribution >= 4 is 31.9 Å². The standard InChI is InChI=1S/C18H16BrN3O6S/c1-2-26-15-6-4-3-5-12(15)17-21-16(28-22-17)10-27-18(23)13-9-11(29(20,24)25)7-8-14(13)19/h3-9H,2,10H2,1H3,(H2,20,24,25). The second-order valence-electron chi connectivity index (χ2n) is 5.70. The first-order chi connectivity index (χ1) is 13.8. The molecule has 0 saturated carbocycles. The van der Waals surface area contributed by atoms with Crippen LogP contribution in [0.25, 0.3) is 11.4 Å². The molecule has 0 amide bonds. The van der Waals surface area contributed by atoms with Crippen LogP contribution in [0.15, 0.2) is 56.4 Å². The van der Waals surface area contributed by atoms with Gasteiger partial charge in [0.15, 0.2) is 6.61 Å². The molecule has 0 aliphatic heterocycles. The maximum Gasteiger partial charge on any atom is 0.339 e. The lowest BCUT2D eigenvalue weighted by Crippen LogP contribution is -2.14. The van der Waals surface area contributed by atoms with Gasteiger partial charge in [0.05, 0.1) is 22.6 Å². The number of para-hydroxylation sites is 1. The number of aromatic nitrogens is 2. The monoisotopic (exact) mass is 481 g/mol. The first kappa shape index (κ1) is 21.0. The Balaban J connectivity index is 1.75. The average Bonchev–Trinajstić information content (AvgIpc) is 3.15. The maximum atomic E-state index is 12.3. The molecule has 0 spiro atoms. The summed E-state index contributed by atoms with van der Waals surface area (Å²) in [5, 5.41) is 8.98. The van der Waals surface area contributed by atoms with Crippen molar-refractivity contribution < 1.29 is 27.2 Å². The lowest BCUT2D eigenvalue weighted by molar-refractivity contribution is 0.0428. The molecule has 0 aliphatic rings. The third kappa shape index (κ3) is 5.00. The molecule has 1 aromatic heterocycles. The number of esters is 1. The number of primary sulfonamides is 1. The summed E-state index contributed by atoms with van der Waals surface area (Å²) in [6.07, 6.45) is 0. The largest absolute Gasteiger partial charge is 0.493 e. The minimum atomic E-state index is -3.96. The number of carbonyl (C=O) groups is 1. The average molecular weight is 482 g/mol. The van der Waals surface area contributed by atoms with Crippen molar-refractivity contribution in [1.29, 1.82) is 0 Å². The number of hydrogen-bond acceptors (Lipinski definition) is 8. The van der Waals surface area contributed by atoms with Crippen molar-refractivity contribution in [2.24, 2.45) is 5.14 Å². The molecule has 2 N–H and O–H groups in total. The summed E-state index contributed by atoms with van der Waals surface area (Å²) in [6.45, 7) is 2.04. The van der Waals surface area contributed by atoms with Crippen LogP contribution in [0.5, 0.6) is 5.75 Å². The van der Waals surface area contributed by atoms with E-state index in [-0.39, 0.29) is 28.8 Å². The van der Waals surface area contributed by atoms with Gasteiger partial charge in [-0.1, -0.05) is 17.3 Å². The van der Waals surface area contributed by atoms with E-state index in [1.54, 1.807) is 12.1 Å². The molecule has 0 bridgehead atoms. The van der Waals surface area contributed by atoms with Crippen LogP contribution in [-0.4, -0.2) is 31.1 Å². The van der Waals surface area contributed by atoms with E-state index in [1.165, 1.54) is 12.1 Å². The van der Waals surface area contributed by atoms with Crippen molar-refractivity contribution in [2.45, 2.75) is 18.4 Å². The quantitative estimate of drug-likeness (QED) is 0.508. The number of benzene rings is 2. The lowest BCUT2D eigenvalue weighted by atomic mass is 10.2. The molecule has 9 nitrogen and oxygen atoms in total. The van der Waals surface area contributed by atoms with Gasteiger partial charge in [-0.2, -0.15) is 4.98 Å². The lowest BCUT2D eigenvalue weighted by Gasteiger charge is -2.06. The predicted molar refractivity (Wildman–Crippen MR) is 106 cm³/mol. The first-order valence-electron chi connectivity index (χ1n) is 8.34. The molecule has 0 aliphatic carbocycles. The fourth-order valence-electron chi connectivity index (χ4n) is 2.40. The molecule has 3 aromatic rings. The Morgan fingerprint density at radius 2 is 2.00 bits per heavy atom. The molecule has 0 atom stereocenters. The molecule has 29 heavy (non-hydrogen) atoms. The van der Waals surface area contributed by atoms with E-state index in [1.807, 2.05) is 19.1 Å². The van der Waals surface area contributed by atoms with Crippen LogP contribution in [-0.2, 0) is 21.4 Å². The van der Waals surface area contributed by atoms with E-state index in [2.05, 4.69) is 26.1 Å². The van der Waals surface area contributed by atoms with Gasteiger partial charge in [0.1, 0.15) is 5.75 Å². The molecule has 0 fully saturated rings. The Morgan fingerprint density at radius 1 is 1.24 bits per heavy atom. The Hall–Kier alpha value is -2.76. The van der Waals surface area contributed by atoms with Gasteiger partial charge in [-0.15, -0.1) is 0 Å². The molecule has 1 heterocycles. The molecule has 152 valence electrons. The zero-order valence-electron chi connectivity index (χ0n) is 15.2. The minimum Gasteiger partial charge on any atom is -0.493 e. The zero-order chi connectivity index (χ0) is 21.0. The summed E-state index contributed by atoms with van der Waals surface area (Å²) in [5.41, 5.74) is 0.636. The molecule has 3 rings (SSSR count). The number of ether oxygens (including phenoxy) is 2. The van der Waals surface area contributed by atoms with Gasteiger partial charge in [0, 0.05) is 4.47 Å². The van der Waals surface area contributed by atoms with Crippen molar-refractivity contribution in [2.75, 3.05) is 6.61 Å². The number of nitrogens with zero attached hydrogens (tertiary/aromatic N) is 2. The van der Waals surface area contributed by atoms with Crippen LogP contribution in [0, 0.1) is 0 Å². The molecule has 0 unspecified atom stereocenters. The van der Waals surface area contributed by atoms with E-state index < -0.39 is 16.0 Å². The summed E-state index contributed by atoms with van der Waals surface area (Å²) >= 11 is 3.18. The highest BCUT2D eigenvalue weighted by atomic mass is 79.9. The van der Waals surface area contributed by atoms with Crippen LogP contribution in [0.1, 0.15) is 23.2 Å². The van der Waals surface area contributed by atoms with Crippen molar-refractivity contribution in [3.63, 3.8) is 0 Å². The zero-order valence-corrected chi connectivity index (χ0v) is 17.6. The molecule has 0 radical (unpaired) electrons. The third-order valence-electron chi connectivity index (χ3n) is 3.71. The SMILES string of the molecule is CCOc1ccccc1-c1noc(COC(=O)c2cc(S(N)(=O)=O)ccc2Br)n1. The van der Waals surface area contributed by atoms with Crippen molar-refractivity contribution in [3.05, 3.63) is 58.4 Å². The minimum absolute atomic E-state index is 0.00189. The number of rotatable bonds is 7. The number of sulfonamides is 1. The maximum absolute atomic E-state index is 12.3. The van der Waals surface area contributed by atoms with E-state index >= 15 is 0 Å². The Kier molecular flexibility index (Phi) is 6.30. The molecule has 0 saturated heterocycles. The summed E-state index contributed by atoms with van der Waals surface area (Å²) in [6, 6.07) is 11.0. The fourth-order valence-corrected chi connectivity index (χ4v) is 3.35. The fraction of sp³-hybridized carbons (Fsp3) is 0.167. The van der Waals surface area contributed by atoms with Crippen LogP contribution in [0.2, 0.25) is 0 Å². The van der Waals surface area contributed by atoms with E-state index in [0.29, 0.717) is 22.4 Å². The topological polar surface area (TPSA) is 135 Å². The van der Waals surface area contributed by atoms with Gasteiger partial charge in [-0.05, 0) is 53.2 Å². The number of carbonyl (C=O) groups excluding carboxylic acids is 1. The summed E-state index contributed by atoms with van der Waals surface area (Å²) in [7, 11) is -3.96.